The van der Waals surface area contributed by atoms with Crippen LogP contribution in [0.2, 0.25) is 0 Å². The van der Waals surface area contributed by atoms with E-state index in [0.717, 1.165) is 29.7 Å². The van der Waals surface area contributed by atoms with Gasteiger partial charge in [0.25, 0.3) is 5.91 Å². The van der Waals surface area contributed by atoms with Gasteiger partial charge in [0.05, 0.1) is 12.7 Å². The van der Waals surface area contributed by atoms with Gasteiger partial charge in [0.2, 0.25) is 0 Å². The summed E-state index contributed by atoms with van der Waals surface area (Å²) in [4.78, 5) is 25.2. The number of carbonyl (C=O) groups is 2. The van der Waals surface area contributed by atoms with Crippen LogP contribution in [0.1, 0.15) is 47.2 Å². The average Bonchev–Trinajstić information content (AvgIpc) is 3.04. The Bertz CT molecular complexity index is 768. The number of hydrogen-bond acceptors (Lipinski definition) is 3. The number of rotatable bonds is 5. The summed E-state index contributed by atoms with van der Waals surface area (Å²) in [5, 5.41) is 2.91. The number of para-hydroxylation sites is 1. The van der Waals surface area contributed by atoms with Crippen LogP contribution in [0.15, 0.2) is 42.5 Å². The highest BCUT2D eigenvalue weighted by atomic mass is 16.5. The maximum Gasteiger partial charge on any atom is 0.259 e. The molecule has 24 heavy (non-hydrogen) atoms. The topological polar surface area (TPSA) is 55.4 Å². The second-order valence-electron chi connectivity index (χ2n) is 5.95. The quantitative estimate of drug-likeness (QED) is 0.906. The van der Waals surface area contributed by atoms with Crippen molar-refractivity contribution in [1.29, 1.82) is 0 Å². The van der Waals surface area contributed by atoms with Crippen molar-refractivity contribution in [2.24, 2.45) is 0 Å². The number of benzene rings is 2. The molecule has 1 aliphatic rings. The number of hydrogen-bond donors (Lipinski definition) is 1. The molecule has 1 unspecified atom stereocenters. The van der Waals surface area contributed by atoms with Crippen molar-refractivity contribution in [1.82, 2.24) is 0 Å². The van der Waals surface area contributed by atoms with Crippen LogP contribution in [0.3, 0.4) is 0 Å². The predicted octanol–water partition coefficient (Wildman–Crippen LogP) is 3.96. The zero-order valence-electron chi connectivity index (χ0n) is 14.0. The van der Waals surface area contributed by atoms with Crippen molar-refractivity contribution in [3.8, 4) is 5.75 Å². The van der Waals surface area contributed by atoms with Gasteiger partial charge in [-0.3, -0.25) is 9.59 Å². The number of anilines is 1. The summed E-state index contributed by atoms with van der Waals surface area (Å²) in [6.45, 7) is 1.87. The average molecular weight is 323 g/mol. The smallest absolute Gasteiger partial charge is 0.259 e. The molecule has 1 atom stereocenters. The lowest BCUT2D eigenvalue weighted by molar-refractivity contribution is -0.120. The number of carbonyl (C=O) groups excluding carboxylic acids is 2. The minimum atomic E-state index is -0.231. The summed E-state index contributed by atoms with van der Waals surface area (Å²) in [6, 6.07) is 13.1. The number of ketones is 1. The molecule has 1 amide bonds. The Labute approximate surface area is 141 Å². The normalized spacial score (nSPS) is 15.7. The van der Waals surface area contributed by atoms with Gasteiger partial charge >= 0.3 is 0 Å². The van der Waals surface area contributed by atoms with Crippen molar-refractivity contribution in [3.05, 3.63) is 59.2 Å². The third kappa shape index (κ3) is 2.92. The number of fused-ring (bicyclic) bond motifs is 1. The molecule has 124 valence electrons. The zero-order valence-corrected chi connectivity index (χ0v) is 14.0. The van der Waals surface area contributed by atoms with Gasteiger partial charge in [0, 0.05) is 18.0 Å². The summed E-state index contributed by atoms with van der Waals surface area (Å²) in [5.74, 6) is 0.246. The van der Waals surface area contributed by atoms with E-state index in [2.05, 4.69) is 5.32 Å². The molecule has 2 aromatic rings. The first kappa shape index (κ1) is 16.2. The van der Waals surface area contributed by atoms with Gasteiger partial charge in [0.15, 0.2) is 0 Å². The summed E-state index contributed by atoms with van der Waals surface area (Å²) < 4.78 is 5.42. The van der Waals surface area contributed by atoms with Crippen LogP contribution < -0.4 is 10.1 Å². The number of ether oxygens (including phenoxy) is 1. The lowest BCUT2D eigenvalue weighted by Crippen LogP contribution is -2.19. The maximum atomic E-state index is 12.9. The molecule has 0 saturated heterocycles. The van der Waals surface area contributed by atoms with Crippen LogP contribution >= 0.6 is 0 Å². The molecule has 0 heterocycles. The van der Waals surface area contributed by atoms with E-state index in [-0.39, 0.29) is 17.6 Å². The van der Waals surface area contributed by atoms with Crippen LogP contribution in [0, 0.1) is 0 Å². The Morgan fingerprint density at radius 3 is 2.58 bits per heavy atom. The minimum absolute atomic E-state index is 0.177. The fraction of sp³-hybridized carbons (Fsp3) is 0.300. The van der Waals surface area contributed by atoms with E-state index in [0.29, 0.717) is 17.7 Å². The van der Waals surface area contributed by atoms with E-state index in [1.165, 1.54) is 0 Å². The van der Waals surface area contributed by atoms with Crippen molar-refractivity contribution in [2.45, 2.75) is 32.1 Å². The van der Waals surface area contributed by atoms with Gasteiger partial charge < -0.3 is 10.1 Å². The lowest BCUT2D eigenvalue weighted by atomic mass is 9.90. The van der Waals surface area contributed by atoms with E-state index in [1.54, 1.807) is 7.11 Å². The minimum Gasteiger partial charge on any atom is -0.496 e. The number of amides is 1. The summed E-state index contributed by atoms with van der Waals surface area (Å²) in [7, 11) is 1.55. The van der Waals surface area contributed by atoms with Crippen molar-refractivity contribution < 1.29 is 14.3 Å². The van der Waals surface area contributed by atoms with E-state index in [9.17, 15) is 9.59 Å². The Morgan fingerprint density at radius 2 is 1.92 bits per heavy atom. The van der Waals surface area contributed by atoms with E-state index in [4.69, 9.17) is 4.74 Å². The van der Waals surface area contributed by atoms with E-state index >= 15 is 0 Å². The van der Waals surface area contributed by atoms with Crippen molar-refractivity contribution in [3.63, 3.8) is 0 Å². The summed E-state index contributed by atoms with van der Waals surface area (Å²) in [6.07, 6.45) is 2.06. The first-order valence-electron chi connectivity index (χ1n) is 8.24. The fourth-order valence-electron chi connectivity index (χ4n) is 3.39. The molecule has 0 aliphatic heterocycles. The van der Waals surface area contributed by atoms with E-state index in [1.807, 2.05) is 49.4 Å². The van der Waals surface area contributed by atoms with Crippen LogP contribution in [0.25, 0.3) is 0 Å². The molecule has 4 heteroatoms. The Kier molecular flexibility index (Phi) is 4.65. The largest absolute Gasteiger partial charge is 0.496 e. The number of methoxy groups -OCH3 is 1. The molecule has 4 nitrogen and oxygen atoms in total. The van der Waals surface area contributed by atoms with Crippen LogP contribution in [0.5, 0.6) is 5.75 Å². The maximum absolute atomic E-state index is 12.9. The molecule has 0 aromatic heterocycles. The second kappa shape index (κ2) is 6.87. The molecule has 0 spiro atoms. The number of nitrogens with one attached hydrogen (secondary N) is 1. The lowest BCUT2D eigenvalue weighted by Gasteiger charge is -2.17. The third-order valence-corrected chi connectivity index (χ3v) is 4.56. The van der Waals surface area contributed by atoms with Crippen LogP contribution in [-0.4, -0.2) is 18.8 Å². The molecule has 3 rings (SSSR count). The highest BCUT2D eigenvalue weighted by Crippen LogP contribution is 2.40. The predicted molar refractivity (Wildman–Crippen MR) is 93.7 cm³/mol. The van der Waals surface area contributed by atoms with Gasteiger partial charge in [-0.2, -0.15) is 0 Å². The molecule has 0 saturated carbocycles. The monoisotopic (exact) mass is 323 g/mol. The summed E-state index contributed by atoms with van der Waals surface area (Å²) >= 11 is 0. The van der Waals surface area contributed by atoms with Crippen molar-refractivity contribution in [2.75, 3.05) is 12.4 Å². The van der Waals surface area contributed by atoms with Crippen LogP contribution in [0.4, 0.5) is 5.69 Å². The highest BCUT2D eigenvalue weighted by Gasteiger charge is 2.33. The van der Waals surface area contributed by atoms with Gasteiger partial charge in [-0.05, 0) is 42.2 Å². The van der Waals surface area contributed by atoms with Crippen molar-refractivity contribution >= 4 is 17.4 Å². The second-order valence-corrected chi connectivity index (χ2v) is 5.95. The van der Waals surface area contributed by atoms with Crippen LogP contribution in [-0.2, 0) is 11.2 Å². The first-order valence-corrected chi connectivity index (χ1v) is 8.24. The molecule has 1 N–H and O–H groups in total. The first-order chi connectivity index (χ1) is 11.7. The summed E-state index contributed by atoms with van der Waals surface area (Å²) in [5.41, 5.74) is 3.12. The van der Waals surface area contributed by atoms with E-state index < -0.39 is 0 Å². The third-order valence-electron chi connectivity index (χ3n) is 4.56. The van der Waals surface area contributed by atoms with Gasteiger partial charge in [-0.25, -0.2) is 0 Å². The van der Waals surface area contributed by atoms with Gasteiger partial charge in [-0.1, -0.05) is 31.2 Å². The highest BCUT2D eigenvalue weighted by molar-refractivity contribution is 6.09. The van der Waals surface area contributed by atoms with Gasteiger partial charge in [0.1, 0.15) is 11.5 Å². The Balaban J connectivity index is 2.04. The molecular formula is C20H21NO3. The number of Topliss-reactive ketones (excluding diaryl/α,β-unsaturated/α-hetero) is 1. The fourth-order valence-corrected chi connectivity index (χ4v) is 3.39. The molecule has 0 bridgehead atoms. The molecule has 0 fully saturated rings. The standard InChI is InChI=1S/C20H21NO3/c1-3-16(22)15-11-9-13-10-12-17(24-2)19(18(13)15)20(23)21-14-7-5-4-6-8-14/h4-8,10,12,15H,3,9,11H2,1-2H3,(H,21,23). The number of aryl methyl sites for hydroxylation is 1. The Hall–Kier alpha value is -2.62. The SMILES string of the molecule is CCC(=O)C1CCc2ccc(OC)c(C(=O)Nc3ccccc3)c21. The molecule has 0 radical (unpaired) electrons. The zero-order chi connectivity index (χ0) is 17.1. The van der Waals surface area contributed by atoms with Gasteiger partial charge in [-0.15, -0.1) is 0 Å². The Morgan fingerprint density at radius 1 is 1.17 bits per heavy atom. The molecule has 1 aliphatic carbocycles. The molecular weight excluding hydrogens is 302 g/mol. The molecule has 2 aromatic carbocycles.